The van der Waals surface area contributed by atoms with Crippen LogP contribution in [-0.2, 0) is 6.42 Å². The zero-order chi connectivity index (χ0) is 19.3. The Kier molecular flexibility index (Phi) is 4.31. The van der Waals surface area contributed by atoms with Crippen LogP contribution in [0.1, 0.15) is 61.6 Å². The number of aromatic nitrogens is 1. The van der Waals surface area contributed by atoms with Crippen LogP contribution in [-0.4, -0.2) is 21.3 Å². The second kappa shape index (κ2) is 6.73. The first-order chi connectivity index (χ1) is 13.6. The Bertz CT molecular complexity index is 906. The first kappa shape index (κ1) is 17.9. The molecule has 0 aliphatic heterocycles. The van der Waals surface area contributed by atoms with E-state index in [1.54, 1.807) is 0 Å². The van der Waals surface area contributed by atoms with E-state index in [-0.39, 0.29) is 11.5 Å². The molecular formula is C25H29NO2. The summed E-state index contributed by atoms with van der Waals surface area (Å²) in [6, 6.07) is 10.0. The third-order valence-electron chi connectivity index (χ3n) is 8.03. The summed E-state index contributed by atoms with van der Waals surface area (Å²) in [6.07, 6.45) is 12.0. The van der Waals surface area contributed by atoms with E-state index in [4.69, 9.17) is 0 Å². The molecule has 0 amide bonds. The summed E-state index contributed by atoms with van der Waals surface area (Å²) in [5, 5.41) is 21.3. The molecule has 146 valence electrons. The minimum atomic E-state index is -0.335. The highest BCUT2D eigenvalue weighted by atomic mass is 16.3. The van der Waals surface area contributed by atoms with Crippen LogP contribution in [0.2, 0.25) is 0 Å². The number of aryl methyl sites for hydroxylation is 1. The Morgan fingerprint density at radius 3 is 2.79 bits per heavy atom. The van der Waals surface area contributed by atoms with Gasteiger partial charge in [-0.1, -0.05) is 19.1 Å². The molecule has 0 spiro atoms. The van der Waals surface area contributed by atoms with E-state index in [1.165, 1.54) is 23.1 Å². The summed E-state index contributed by atoms with van der Waals surface area (Å²) in [6.45, 7) is 2.26. The number of aliphatic hydroxyl groups is 1. The number of rotatable bonds is 2. The Balaban J connectivity index is 1.51. The summed E-state index contributed by atoms with van der Waals surface area (Å²) in [4.78, 5) is 4.11. The molecule has 2 N–H and O–H groups in total. The van der Waals surface area contributed by atoms with Gasteiger partial charge in [-0.3, -0.25) is 4.98 Å². The number of fused-ring (bicyclic) bond motifs is 5. The molecule has 2 aromatic rings. The number of phenolic OH excluding ortho intramolecular Hbond substituents is 1. The predicted molar refractivity (Wildman–Crippen MR) is 111 cm³/mol. The van der Waals surface area contributed by atoms with Crippen molar-refractivity contribution in [1.29, 1.82) is 0 Å². The van der Waals surface area contributed by atoms with Gasteiger partial charge in [0.1, 0.15) is 5.75 Å². The normalized spacial score (nSPS) is 35.3. The number of nitrogens with zero attached hydrogens (tertiary/aromatic N) is 1. The molecule has 3 aliphatic rings. The number of benzene rings is 1. The van der Waals surface area contributed by atoms with E-state index in [0.29, 0.717) is 23.5 Å². The van der Waals surface area contributed by atoms with Crippen molar-refractivity contribution in [1.82, 2.24) is 4.98 Å². The Morgan fingerprint density at radius 2 is 2.00 bits per heavy atom. The highest BCUT2D eigenvalue weighted by molar-refractivity contribution is 5.55. The molecule has 2 saturated carbocycles. The first-order valence-corrected chi connectivity index (χ1v) is 10.7. The fraction of sp³-hybridized carbons (Fsp3) is 0.480. The first-order valence-electron chi connectivity index (χ1n) is 10.7. The van der Waals surface area contributed by atoms with Gasteiger partial charge in [-0.2, -0.15) is 0 Å². The van der Waals surface area contributed by atoms with Gasteiger partial charge in [-0.05, 0) is 103 Å². The zero-order valence-electron chi connectivity index (χ0n) is 16.5. The number of hydrogen-bond acceptors (Lipinski definition) is 3. The SMILES string of the molecule is CCC12CCC3c4ccc(O)cc4CCC3C1CC(=Cc1ccncc1)C2O. The fourth-order valence-electron chi connectivity index (χ4n) is 6.68. The maximum Gasteiger partial charge on any atom is 0.115 e. The minimum absolute atomic E-state index is 0.0223. The molecule has 1 heterocycles. The lowest BCUT2D eigenvalue weighted by Crippen LogP contribution is -2.45. The second-order valence-electron chi connectivity index (χ2n) is 9.03. The van der Waals surface area contributed by atoms with E-state index in [1.807, 2.05) is 36.7 Å². The molecule has 3 nitrogen and oxygen atoms in total. The van der Waals surface area contributed by atoms with E-state index < -0.39 is 0 Å². The lowest BCUT2D eigenvalue weighted by Gasteiger charge is -2.51. The maximum atomic E-state index is 11.4. The molecule has 3 aliphatic carbocycles. The summed E-state index contributed by atoms with van der Waals surface area (Å²) in [5.41, 5.74) is 5.13. The van der Waals surface area contributed by atoms with Crippen LogP contribution in [0, 0.1) is 17.3 Å². The zero-order valence-corrected chi connectivity index (χ0v) is 16.5. The third-order valence-corrected chi connectivity index (χ3v) is 8.03. The fourth-order valence-corrected chi connectivity index (χ4v) is 6.68. The third kappa shape index (κ3) is 2.63. The van der Waals surface area contributed by atoms with Crippen molar-refractivity contribution >= 4 is 6.08 Å². The molecule has 5 atom stereocenters. The topological polar surface area (TPSA) is 53.4 Å². The van der Waals surface area contributed by atoms with Crippen LogP contribution in [0.25, 0.3) is 6.08 Å². The Hall–Kier alpha value is -2.13. The standard InChI is InChI=1S/C25H29NO2/c1-2-25-10-7-21-20-6-4-19(27)14-17(20)3-5-22(21)23(25)15-18(24(25)28)13-16-8-11-26-12-9-16/h4,6,8-9,11-14,21-24,27-28H,2-3,5,7,10,15H2,1H3. The highest BCUT2D eigenvalue weighted by Gasteiger charge is 2.57. The second-order valence-corrected chi connectivity index (χ2v) is 9.03. The van der Waals surface area contributed by atoms with Gasteiger partial charge >= 0.3 is 0 Å². The molecule has 1 aromatic carbocycles. The van der Waals surface area contributed by atoms with Crippen molar-refractivity contribution in [3.63, 3.8) is 0 Å². The number of pyridine rings is 1. The van der Waals surface area contributed by atoms with E-state index in [2.05, 4.69) is 24.1 Å². The molecule has 0 bridgehead atoms. The van der Waals surface area contributed by atoms with Crippen molar-refractivity contribution in [2.75, 3.05) is 0 Å². The molecular weight excluding hydrogens is 346 g/mol. The van der Waals surface area contributed by atoms with Crippen LogP contribution in [0.5, 0.6) is 5.75 Å². The Morgan fingerprint density at radius 1 is 1.18 bits per heavy atom. The van der Waals surface area contributed by atoms with Crippen LogP contribution in [0.15, 0.2) is 48.3 Å². The minimum Gasteiger partial charge on any atom is -0.508 e. The molecule has 5 rings (SSSR count). The Labute approximate surface area is 167 Å². The summed E-state index contributed by atoms with van der Waals surface area (Å²) < 4.78 is 0. The lowest BCUT2D eigenvalue weighted by atomic mass is 9.54. The van der Waals surface area contributed by atoms with Crippen molar-refractivity contribution in [2.45, 2.75) is 57.5 Å². The largest absolute Gasteiger partial charge is 0.508 e. The van der Waals surface area contributed by atoms with Crippen molar-refractivity contribution in [3.8, 4) is 5.75 Å². The average Bonchev–Trinajstić information content (AvgIpc) is 3.00. The van der Waals surface area contributed by atoms with Crippen LogP contribution < -0.4 is 0 Å². The van der Waals surface area contributed by atoms with Gasteiger partial charge in [-0.25, -0.2) is 0 Å². The van der Waals surface area contributed by atoms with Crippen LogP contribution >= 0.6 is 0 Å². The summed E-state index contributed by atoms with van der Waals surface area (Å²) in [7, 11) is 0. The molecule has 0 saturated heterocycles. The summed E-state index contributed by atoms with van der Waals surface area (Å²) >= 11 is 0. The quantitative estimate of drug-likeness (QED) is 0.769. The molecule has 0 radical (unpaired) electrons. The van der Waals surface area contributed by atoms with Gasteiger partial charge in [0.2, 0.25) is 0 Å². The van der Waals surface area contributed by atoms with Crippen LogP contribution in [0.4, 0.5) is 0 Å². The van der Waals surface area contributed by atoms with E-state index in [0.717, 1.165) is 37.7 Å². The smallest absolute Gasteiger partial charge is 0.115 e. The number of aliphatic hydroxyl groups excluding tert-OH is 1. The molecule has 1 aromatic heterocycles. The van der Waals surface area contributed by atoms with Gasteiger partial charge in [0.05, 0.1) is 6.10 Å². The van der Waals surface area contributed by atoms with Crippen molar-refractivity contribution in [3.05, 3.63) is 65.0 Å². The number of aromatic hydroxyl groups is 1. The number of hydrogen-bond donors (Lipinski definition) is 2. The van der Waals surface area contributed by atoms with Crippen molar-refractivity contribution in [2.24, 2.45) is 17.3 Å². The van der Waals surface area contributed by atoms with Gasteiger partial charge in [-0.15, -0.1) is 0 Å². The predicted octanol–water partition coefficient (Wildman–Crippen LogP) is 5.09. The lowest BCUT2D eigenvalue weighted by molar-refractivity contribution is -0.0329. The van der Waals surface area contributed by atoms with Gasteiger partial charge in [0.25, 0.3) is 0 Å². The monoisotopic (exact) mass is 375 g/mol. The van der Waals surface area contributed by atoms with Crippen LogP contribution in [0.3, 0.4) is 0 Å². The molecule has 5 unspecified atom stereocenters. The van der Waals surface area contributed by atoms with Gasteiger partial charge in [0, 0.05) is 17.8 Å². The average molecular weight is 376 g/mol. The maximum absolute atomic E-state index is 11.4. The highest BCUT2D eigenvalue weighted by Crippen LogP contribution is 2.63. The molecule has 3 heteroatoms. The summed E-state index contributed by atoms with van der Waals surface area (Å²) in [5.74, 6) is 2.13. The van der Waals surface area contributed by atoms with E-state index >= 15 is 0 Å². The molecule has 28 heavy (non-hydrogen) atoms. The van der Waals surface area contributed by atoms with Gasteiger partial charge in [0.15, 0.2) is 0 Å². The van der Waals surface area contributed by atoms with Gasteiger partial charge < -0.3 is 10.2 Å². The number of phenols is 1. The van der Waals surface area contributed by atoms with Crippen molar-refractivity contribution < 1.29 is 10.2 Å². The van der Waals surface area contributed by atoms with E-state index in [9.17, 15) is 10.2 Å². The molecule has 2 fully saturated rings.